The topological polar surface area (TPSA) is 3.24 Å². The Morgan fingerprint density at radius 3 is 1.91 bits per heavy atom. The van der Waals surface area contributed by atoms with E-state index < -0.39 is 0 Å². The van der Waals surface area contributed by atoms with Crippen LogP contribution in [0.3, 0.4) is 0 Å². The van der Waals surface area contributed by atoms with Crippen LogP contribution in [0, 0.1) is 11.8 Å². The minimum absolute atomic E-state index is 0.0567. The third kappa shape index (κ3) is 5.34. The molecule has 2 bridgehead atoms. The van der Waals surface area contributed by atoms with Crippen LogP contribution in [0.5, 0.6) is 0 Å². The van der Waals surface area contributed by atoms with E-state index in [9.17, 15) is 0 Å². The fraction of sp³-hybridized carbons (Fsp3) is 0.156. The summed E-state index contributed by atoms with van der Waals surface area (Å²) >= 11 is 1.90. The van der Waals surface area contributed by atoms with Crippen LogP contribution in [0.4, 0.5) is 17.1 Å². The van der Waals surface area contributed by atoms with Crippen molar-refractivity contribution in [2.75, 3.05) is 4.90 Å². The lowest BCUT2D eigenvalue weighted by atomic mass is 9.67. The van der Waals surface area contributed by atoms with Crippen LogP contribution in [0.2, 0.25) is 0 Å². The molecule has 4 aliphatic carbocycles. The molecular weight excluding hydrogens is 815 g/mol. The van der Waals surface area contributed by atoms with Crippen molar-refractivity contribution in [3.8, 4) is 55.6 Å². The molecule has 316 valence electrons. The van der Waals surface area contributed by atoms with E-state index in [0.29, 0.717) is 5.92 Å². The highest BCUT2D eigenvalue weighted by Crippen LogP contribution is 2.66. The first-order valence-corrected chi connectivity index (χ1v) is 24.8. The van der Waals surface area contributed by atoms with Gasteiger partial charge in [-0.25, -0.2) is 0 Å². The molecule has 2 heteroatoms. The number of benzene rings is 9. The Morgan fingerprint density at radius 1 is 0.455 bits per heavy atom. The molecule has 0 saturated heterocycles. The van der Waals surface area contributed by atoms with Gasteiger partial charge < -0.3 is 4.90 Å². The third-order valence-corrected chi connectivity index (χ3v) is 17.6. The molecule has 0 aliphatic heterocycles. The van der Waals surface area contributed by atoms with Crippen LogP contribution < -0.4 is 4.90 Å². The Bertz CT molecular complexity index is 3610. The van der Waals surface area contributed by atoms with E-state index in [-0.39, 0.29) is 10.8 Å². The largest absolute Gasteiger partial charge is 0.309 e. The number of thiophene rings is 1. The van der Waals surface area contributed by atoms with Gasteiger partial charge >= 0.3 is 0 Å². The molecule has 2 saturated carbocycles. The molecule has 10 aromatic rings. The van der Waals surface area contributed by atoms with Crippen molar-refractivity contribution in [3.05, 3.63) is 222 Å². The molecule has 9 aromatic carbocycles. The van der Waals surface area contributed by atoms with Crippen molar-refractivity contribution in [1.29, 1.82) is 0 Å². The second-order valence-corrected chi connectivity index (χ2v) is 21.0. The Labute approximate surface area is 391 Å². The molecular formula is C64H49NS. The monoisotopic (exact) mass is 863 g/mol. The third-order valence-electron chi connectivity index (χ3n) is 16.3. The van der Waals surface area contributed by atoms with E-state index in [2.05, 4.69) is 219 Å². The normalized spacial score (nSPS) is 19.3. The summed E-state index contributed by atoms with van der Waals surface area (Å²) in [7, 11) is 0. The highest BCUT2D eigenvalue weighted by molar-refractivity contribution is 7.26. The Hall–Kier alpha value is -7.00. The predicted molar refractivity (Wildman–Crippen MR) is 280 cm³/mol. The van der Waals surface area contributed by atoms with Crippen molar-refractivity contribution in [3.63, 3.8) is 0 Å². The van der Waals surface area contributed by atoms with Gasteiger partial charge in [0.15, 0.2) is 0 Å². The summed E-state index contributed by atoms with van der Waals surface area (Å²) in [6.45, 7) is 4.83. The number of hydrogen-bond acceptors (Lipinski definition) is 2. The quantitative estimate of drug-likeness (QED) is 0.161. The summed E-state index contributed by atoms with van der Waals surface area (Å²) in [6.07, 6.45) is 5.28. The van der Waals surface area contributed by atoms with E-state index in [1.807, 2.05) is 11.3 Å². The molecule has 1 heterocycles. The number of fused-ring (bicyclic) bond motifs is 14. The summed E-state index contributed by atoms with van der Waals surface area (Å²) in [5.41, 5.74) is 22.4. The summed E-state index contributed by atoms with van der Waals surface area (Å²) in [5.74, 6) is 1.47. The Morgan fingerprint density at radius 2 is 1.09 bits per heavy atom. The van der Waals surface area contributed by atoms with E-state index >= 15 is 0 Å². The lowest BCUT2D eigenvalue weighted by Crippen LogP contribution is -2.32. The lowest BCUT2D eigenvalue weighted by molar-refractivity contribution is 0.327. The van der Waals surface area contributed by atoms with E-state index in [1.165, 1.54) is 135 Å². The first kappa shape index (κ1) is 38.3. The average molecular weight is 864 g/mol. The Kier molecular flexibility index (Phi) is 8.27. The first-order chi connectivity index (χ1) is 32.5. The van der Waals surface area contributed by atoms with Crippen molar-refractivity contribution in [2.24, 2.45) is 11.8 Å². The first-order valence-electron chi connectivity index (χ1n) is 23.9. The fourth-order valence-corrected chi connectivity index (χ4v) is 14.9. The lowest BCUT2D eigenvalue weighted by Gasteiger charge is -2.37. The zero-order valence-corrected chi connectivity index (χ0v) is 38.2. The van der Waals surface area contributed by atoms with Gasteiger partial charge in [0.2, 0.25) is 0 Å². The maximum absolute atomic E-state index is 2.63. The molecule has 1 spiro atoms. The zero-order valence-electron chi connectivity index (χ0n) is 37.4. The molecule has 14 rings (SSSR count). The molecule has 66 heavy (non-hydrogen) atoms. The van der Waals surface area contributed by atoms with Crippen LogP contribution in [-0.2, 0) is 10.8 Å². The van der Waals surface area contributed by atoms with Gasteiger partial charge in [-0.2, -0.15) is 0 Å². The number of nitrogens with zero attached hydrogens (tertiary/aromatic N) is 1. The van der Waals surface area contributed by atoms with Gasteiger partial charge in [-0.3, -0.25) is 0 Å². The number of hydrogen-bond donors (Lipinski definition) is 0. The van der Waals surface area contributed by atoms with Crippen LogP contribution in [-0.4, -0.2) is 0 Å². The van der Waals surface area contributed by atoms with Gasteiger partial charge in [-0.1, -0.05) is 184 Å². The predicted octanol–water partition coefficient (Wildman–Crippen LogP) is 17.9. The maximum Gasteiger partial charge on any atom is 0.0540 e. The number of anilines is 3. The van der Waals surface area contributed by atoms with Crippen molar-refractivity contribution < 1.29 is 0 Å². The van der Waals surface area contributed by atoms with Crippen molar-refractivity contribution in [2.45, 2.75) is 50.4 Å². The molecule has 0 radical (unpaired) electrons. The van der Waals surface area contributed by atoms with E-state index in [4.69, 9.17) is 0 Å². The van der Waals surface area contributed by atoms with Gasteiger partial charge in [0.05, 0.1) is 11.4 Å². The summed E-state index contributed by atoms with van der Waals surface area (Å²) in [4.78, 5) is 2.63. The van der Waals surface area contributed by atoms with E-state index in [0.717, 1.165) is 5.92 Å². The SMILES string of the molecule is CC1(C)c2ccccc2-c2cccc(-c3ccccc3N(c3ccc4c(c3)C3(CC5CCC3C5)c3ccccc3-4)c3ccc(-c4cccc5c4sc4ccccc45)cc3-c3ccccc3)c21. The van der Waals surface area contributed by atoms with Gasteiger partial charge in [0.25, 0.3) is 0 Å². The number of rotatable bonds is 6. The second kappa shape index (κ2) is 14.2. The maximum atomic E-state index is 2.63. The van der Waals surface area contributed by atoms with Crippen LogP contribution in [0.25, 0.3) is 75.8 Å². The molecule has 3 atom stereocenters. The smallest absolute Gasteiger partial charge is 0.0540 e. The minimum atomic E-state index is -0.168. The molecule has 3 unspecified atom stereocenters. The van der Waals surface area contributed by atoms with Gasteiger partial charge in [0.1, 0.15) is 0 Å². The standard InChI is InChI=1S/C64H49NS/c1-63(2)55-26-10-6-19-47(55)51-23-15-24-52(61(51)63)49-20-8-12-28-58(49)65(44-33-34-48-46-18-7-11-27-56(46)64(57(48)38-44)39-40-30-32-43(64)36-40)59-35-31-42(37-54(59)41-16-4-3-5-17-41)45-22-14-25-53-50-21-9-13-29-60(50)66-62(45)53/h3-29,31,33-35,37-38,40,43H,30,32,36,39H2,1-2H3. The molecule has 1 aromatic heterocycles. The highest BCUT2D eigenvalue weighted by Gasteiger charge is 2.56. The Balaban J connectivity index is 1.04. The molecule has 0 N–H and O–H groups in total. The van der Waals surface area contributed by atoms with E-state index in [1.54, 1.807) is 5.56 Å². The molecule has 2 fully saturated rings. The summed E-state index contributed by atoms with van der Waals surface area (Å²) < 4.78 is 2.66. The average Bonchev–Trinajstić information content (AvgIpc) is 4.19. The molecule has 1 nitrogen and oxygen atoms in total. The second-order valence-electron chi connectivity index (χ2n) is 20.0. The summed E-state index contributed by atoms with van der Waals surface area (Å²) in [5, 5.41) is 2.65. The fourth-order valence-electron chi connectivity index (χ4n) is 13.6. The van der Waals surface area contributed by atoms with Gasteiger partial charge in [0, 0.05) is 47.8 Å². The highest BCUT2D eigenvalue weighted by atomic mass is 32.1. The van der Waals surface area contributed by atoms with Crippen LogP contribution in [0.15, 0.2) is 200 Å². The van der Waals surface area contributed by atoms with Crippen molar-refractivity contribution >= 4 is 48.6 Å². The van der Waals surface area contributed by atoms with Crippen LogP contribution >= 0.6 is 11.3 Å². The van der Waals surface area contributed by atoms with Crippen LogP contribution in [0.1, 0.15) is 61.8 Å². The van der Waals surface area contributed by atoms with Gasteiger partial charge in [-0.05, 0) is 134 Å². The molecule has 4 aliphatic rings. The summed E-state index contributed by atoms with van der Waals surface area (Å²) in [6, 6.07) is 76.2. The minimum Gasteiger partial charge on any atom is -0.309 e. The molecule has 0 amide bonds. The van der Waals surface area contributed by atoms with Crippen molar-refractivity contribution in [1.82, 2.24) is 0 Å². The van der Waals surface area contributed by atoms with Gasteiger partial charge in [-0.15, -0.1) is 11.3 Å². The zero-order chi connectivity index (χ0) is 43.7. The number of para-hydroxylation sites is 1.